The second-order valence-electron chi connectivity index (χ2n) is 10.7. The lowest BCUT2D eigenvalue weighted by Crippen LogP contribution is -2.49. The van der Waals surface area contributed by atoms with Crippen molar-refractivity contribution >= 4 is 23.6 Å². The summed E-state index contributed by atoms with van der Waals surface area (Å²) in [6.07, 6.45) is 7.73. The van der Waals surface area contributed by atoms with Gasteiger partial charge in [-0.2, -0.15) is 0 Å². The minimum atomic E-state index is -0.0458. The van der Waals surface area contributed by atoms with Gasteiger partial charge in [-0.25, -0.2) is 0 Å². The van der Waals surface area contributed by atoms with Crippen LogP contribution in [0.2, 0.25) is 0 Å². The number of hydrogen-bond acceptors (Lipinski definition) is 4. The molecule has 2 aliphatic heterocycles. The molecule has 1 atom stereocenters. The van der Waals surface area contributed by atoms with Crippen molar-refractivity contribution in [3.8, 4) is 0 Å². The zero-order valence-electron chi connectivity index (χ0n) is 21.4. The molecule has 190 valence electrons. The quantitative estimate of drug-likeness (QED) is 0.640. The van der Waals surface area contributed by atoms with Crippen LogP contribution < -0.4 is 5.32 Å². The van der Waals surface area contributed by atoms with E-state index in [4.69, 9.17) is 0 Å². The summed E-state index contributed by atoms with van der Waals surface area (Å²) in [7, 11) is 0. The van der Waals surface area contributed by atoms with Crippen molar-refractivity contribution in [3.05, 3.63) is 71.8 Å². The summed E-state index contributed by atoms with van der Waals surface area (Å²) in [5.74, 6) is 0.591. The van der Waals surface area contributed by atoms with E-state index >= 15 is 0 Å². The maximum atomic E-state index is 13.3. The van der Waals surface area contributed by atoms with E-state index in [2.05, 4.69) is 68.6 Å². The number of benzene rings is 2. The van der Waals surface area contributed by atoms with Crippen molar-refractivity contribution in [2.24, 2.45) is 11.3 Å². The van der Waals surface area contributed by atoms with Gasteiger partial charge in [-0.05, 0) is 61.0 Å². The highest BCUT2D eigenvalue weighted by molar-refractivity contribution is 5.88. The van der Waals surface area contributed by atoms with Gasteiger partial charge < -0.3 is 10.2 Å². The Morgan fingerprint density at radius 1 is 0.917 bits per heavy atom. The van der Waals surface area contributed by atoms with E-state index in [1.165, 1.54) is 18.1 Å². The lowest BCUT2D eigenvalue weighted by Gasteiger charge is -2.36. The van der Waals surface area contributed by atoms with Crippen molar-refractivity contribution in [1.29, 1.82) is 0 Å². The second kappa shape index (κ2) is 11.0. The number of likely N-dealkylation sites (tertiary alicyclic amines) is 1. The highest BCUT2D eigenvalue weighted by atomic mass is 16.2. The molecule has 3 fully saturated rings. The first-order valence-corrected chi connectivity index (χ1v) is 13.3. The van der Waals surface area contributed by atoms with Gasteiger partial charge in [-0.1, -0.05) is 54.6 Å². The molecule has 1 spiro atoms. The first-order chi connectivity index (χ1) is 17.5. The molecule has 6 heteroatoms. The lowest BCUT2D eigenvalue weighted by atomic mass is 9.90. The summed E-state index contributed by atoms with van der Waals surface area (Å²) in [5, 5.41) is 2.82. The van der Waals surface area contributed by atoms with Gasteiger partial charge in [0.05, 0.1) is 0 Å². The standard InChI is InChI=1S/C30H38N4O2/c1-24(35)31-27-11-9-26(10-12-27)23-33-16-13-30(14-17-33)22-28(30)29(36)34-20-18-32(19-21-34)15-5-8-25-6-3-2-4-7-25/h2-12,28H,13-23H2,1H3,(H,31,35)/b8-5+. The molecule has 0 radical (unpaired) electrons. The molecule has 0 bridgehead atoms. The SMILES string of the molecule is CC(=O)Nc1ccc(CN2CCC3(CC2)CC3C(=O)N2CCN(C/C=C/c3ccccc3)CC2)cc1. The molecular formula is C30H38N4O2. The third kappa shape index (κ3) is 6.05. The fourth-order valence-electron chi connectivity index (χ4n) is 5.83. The Morgan fingerprint density at radius 2 is 1.61 bits per heavy atom. The smallest absolute Gasteiger partial charge is 0.226 e. The number of hydrogen-bond donors (Lipinski definition) is 1. The Hall–Kier alpha value is -2.96. The average Bonchev–Trinajstić information content (AvgIpc) is 3.60. The molecule has 2 aromatic rings. The van der Waals surface area contributed by atoms with Crippen LogP contribution in [-0.2, 0) is 16.1 Å². The summed E-state index contributed by atoms with van der Waals surface area (Å²) in [5.41, 5.74) is 3.59. The van der Waals surface area contributed by atoms with Crippen LogP contribution in [0.3, 0.4) is 0 Å². The van der Waals surface area contributed by atoms with Gasteiger partial charge in [0.2, 0.25) is 11.8 Å². The molecule has 2 heterocycles. The van der Waals surface area contributed by atoms with Crippen LogP contribution in [0.4, 0.5) is 5.69 Å². The molecule has 1 saturated carbocycles. The van der Waals surface area contributed by atoms with Crippen molar-refractivity contribution < 1.29 is 9.59 Å². The molecule has 1 N–H and O–H groups in total. The molecule has 1 aliphatic carbocycles. The van der Waals surface area contributed by atoms with Gasteiger partial charge in [0.15, 0.2) is 0 Å². The third-order valence-electron chi connectivity index (χ3n) is 8.18. The molecule has 0 aromatic heterocycles. The Balaban J connectivity index is 1.03. The average molecular weight is 487 g/mol. The van der Waals surface area contributed by atoms with Crippen LogP contribution >= 0.6 is 0 Å². The number of rotatable bonds is 7. The van der Waals surface area contributed by atoms with Gasteiger partial charge in [0.1, 0.15) is 0 Å². The highest BCUT2D eigenvalue weighted by Crippen LogP contribution is 2.60. The molecule has 3 aliphatic rings. The molecule has 2 amide bonds. The highest BCUT2D eigenvalue weighted by Gasteiger charge is 2.59. The lowest BCUT2D eigenvalue weighted by molar-refractivity contribution is -0.135. The van der Waals surface area contributed by atoms with Crippen molar-refractivity contribution in [2.75, 3.05) is 51.1 Å². The molecule has 6 nitrogen and oxygen atoms in total. The number of nitrogens with one attached hydrogen (secondary N) is 1. The fraction of sp³-hybridized carbons (Fsp3) is 0.467. The maximum absolute atomic E-state index is 13.3. The summed E-state index contributed by atoms with van der Waals surface area (Å²) < 4.78 is 0. The minimum absolute atomic E-state index is 0.0458. The van der Waals surface area contributed by atoms with Gasteiger partial charge in [-0.15, -0.1) is 0 Å². The van der Waals surface area contributed by atoms with E-state index in [0.29, 0.717) is 5.91 Å². The van der Waals surface area contributed by atoms with E-state index < -0.39 is 0 Å². The summed E-state index contributed by atoms with van der Waals surface area (Å²) in [6.45, 7) is 9.12. The van der Waals surface area contributed by atoms with Crippen LogP contribution in [0.5, 0.6) is 0 Å². The van der Waals surface area contributed by atoms with E-state index in [1.54, 1.807) is 0 Å². The summed E-state index contributed by atoms with van der Waals surface area (Å²) in [4.78, 5) is 31.5. The second-order valence-corrected chi connectivity index (χ2v) is 10.7. The molecule has 1 unspecified atom stereocenters. The Bertz CT molecular complexity index is 1070. The molecule has 2 saturated heterocycles. The van der Waals surface area contributed by atoms with E-state index in [-0.39, 0.29) is 17.2 Å². The maximum Gasteiger partial charge on any atom is 0.226 e. The minimum Gasteiger partial charge on any atom is -0.340 e. The van der Waals surface area contributed by atoms with Gasteiger partial charge in [0, 0.05) is 57.8 Å². The molecular weight excluding hydrogens is 448 g/mol. The van der Waals surface area contributed by atoms with Crippen LogP contribution in [0.25, 0.3) is 6.08 Å². The van der Waals surface area contributed by atoms with Crippen LogP contribution in [0.15, 0.2) is 60.7 Å². The summed E-state index contributed by atoms with van der Waals surface area (Å²) in [6, 6.07) is 18.5. The van der Waals surface area contributed by atoms with Crippen molar-refractivity contribution in [1.82, 2.24) is 14.7 Å². The van der Waals surface area contributed by atoms with E-state index in [0.717, 1.165) is 77.3 Å². The predicted molar refractivity (Wildman–Crippen MR) is 144 cm³/mol. The van der Waals surface area contributed by atoms with Crippen LogP contribution in [0, 0.1) is 11.3 Å². The predicted octanol–water partition coefficient (Wildman–Crippen LogP) is 4.10. The number of anilines is 1. The number of carbonyl (C=O) groups is 2. The van der Waals surface area contributed by atoms with Crippen molar-refractivity contribution in [2.45, 2.75) is 32.7 Å². The first kappa shape index (κ1) is 24.7. The van der Waals surface area contributed by atoms with Crippen LogP contribution in [0.1, 0.15) is 37.3 Å². The van der Waals surface area contributed by atoms with E-state index in [9.17, 15) is 9.59 Å². The third-order valence-corrected chi connectivity index (χ3v) is 8.18. The van der Waals surface area contributed by atoms with Gasteiger partial charge in [-0.3, -0.25) is 19.4 Å². The van der Waals surface area contributed by atoms with Gasteiger partial charge in [0.25, 0.3) is 0 Å². The number of piperazine rings is 1. The topological polar surface area (TPSA) is 55.9 Å². The Kier molecular flexibility index (Phi) is 7.54. The number of nitrogens with zero attached hydrogens (tertiary/aromatic N) is 3. The monoisotopic (exact) mass is 486 g/mol. The Labute approximate surface area is 215 Å². The van der Waals surface area contributed by atoms with Gasteiger partial charge >= 0.3 is 0 Å². The normalized spacial score (nSPS) is 22.1. The van der Waals surface area contributed by atoms with E-state index in [1.807, 2.05) is 18.2 Å². The summed E-state index contributed by atoms with van der Waals surface area (Å²) >= 11 is 0. The number of amides is 2. The van der Waals surface area contributed by atoms with Crippen molar-refractivity contribution in [3.63, 3.8) is 0 Å². The largest absolute Gasteiger partial charge is 0.340 e. The van der Waals surface area contributed by atoms with Crippen LogP contribution in [-0.4, -0.2) is 72.3 Å². The first-order valence-electron chi connectivity index (χ1n) is 13.3. The number of piperidine rings is 1. The Morgan fingerprint density at radius 3 is 2.28 bits per heavy atom. The molecule has 2 aromatic carbocycles. The molecule has 36 heavy (non-hydrogen) atoms. The molecule has 5 rings (SSSR count). The number of carbonyl (C=O) groups excluding carboxylic acids is 2. The fourth-order valence-corrected chi connectivity index (χ4v) is 5.83. The zero-order valence-corrected chi connectivity index (χ0v) is 21.4. The zero-order chi connectivity index (χ0) is 25.0.